The molecule has 0 spiro atoms. The molecule has 2 heterocycles. The lowest BCUT2D eigenvalue weighted by molar-refractivity contribution is 0.0512. The fraction of sp³-hybridized carbons (Fsp3) is 0.312. The molecule has 1 aromatic carbocycles. The molecule has 1 aromatic heterocycles. The standard InChI is InChI=1S/C16H16ClN3O4/c1-23-12-4-2-3-11(9-12)15(21)19-5-7-20(8-6-19)16(22)13-10-14(17)18-24-13/h2-4,9-10H,5-8H2,1H3. The molecule has 7 nitrogen and oxygen atoms in total. The Hall–Kier alpha value is -2.54. The number of hydrogen-bond donors (Lipinski definition) is 0. The largest absolute Gasteiger partial charge is 0.497 e. The topological polar surface area (TPSA) is 75.9 Å². The zero-order chi connectivity index (χ0) is 17.1. The number of rotatable bonds is 3. The number of piperazine rings is 1. The van der Waals surface area contributed by atoms with Crippen molar-refractivity contribution >= 4 is 23.4 Å². The van der Waals surface area contributed by atoms with Crippen molar-refractivity contribution in [3.8, 4) is 5.75 Å². The maximum atomic E-state index is 12.5. The Morgan fingerprint density at radius 2 is 1.79 bits per heavy atom. The molecule has 2 aromatic rings. The van der Waals surface area contributed by atoms with Crippen LogP contribution in [0.15, 0.2) is 34.9 Å². The van der Waals surface area contributed by atoms with E-state index in [-0.39, 0.29) is 22.7 Å². The predicted octanol–water partition coefficient (Wildman–Crippen LogP) is 1.93. The monoisotopic (exact) mass is 349 g/mol. The predicted molar refractivity (Wildman–Crippen MR) is 86.3 cm³/mol. The van der Waals surface area contributed by atoms with Crippen molar-refractivity contribution in [2.45, 2.75) is 0 Å². The van der Waals surface area contributed by atoms with Gasteiger partial charge in [0.25, 0.3) is 11.8 Å². The number of carbonyl (C=O) groups is 2. The number of halogens is 1. The molecule has 1 fully saturated rings. The van der Waals surface area contributed by atoms with Gasteiger partial charge < -0.3 is 19.1 Å². The number of aromatic nitrogens is 1. The van der Waals surface area contributed by atoms with Crippen LogP contribution in [-0.4, -0.2) is 60.1 Å². The highest BCUT2D eigenvalue weighted by Crippen LogP contribution is 2.17. The Balaban J connectivity index is 1.62. The molecule has 0 saturated carbocycles. The second kappa shape index (κ2) is 6.92. The smallest absolute Gasteiger partial charge is 0.292 e. The first-order valence-corrected chi connectivity index (χ1v) is 7.81. The molecular weight excluding hydrogens is 334 g/mol. The number of amides is 2. The highest BCUT2D eigenvalue weighted by atomic mass is 35.5. The third-order valence-electron chi connectivity index (χ3n) is 3.86. The summed E-state index contributed by atoms with van der Waals surface area (Å²) in [5.74, 6) is 0.385. The Kier molecular flexibility index (Phi) is 4.71. The van der Waals surface area contributed by atoms with Crippen LogP contribution in [-0.2, 0) is 0 Å². The van der Waals surface area contributed by atoms with Gasteiger partial charge in [0.1, 0.15) is 5.75 Å². The van der Waals surface area contributed by atoms with E-state index in [1.165, 1.54) is 6.07 Å². The van der Waals surface area contributed by atoms with E-state index in [1.54, 1.807) is 41.2 Å². The van der Waals surface area contributed by atoms with Crippen LogP contribution >= 0.6 is 11.6 Å². The summed E-state index contributed by atoms with van der Waals surface area (Å²) in [6.07, 6.45) is 0. The second-order valence-electron chi connectivity index (χ2n) is 5.33. The third kappa shape index (κ3) is 3.35. The lowest BCUT2D eigenvalue weighted by atomic mass is 10.1. The van der Waals surface area contributed by atoms with Crippen LogP contribution in [0.5, 0.6) is 5.75 Å². The minimum atomic E-state index is -0.275. The van der Waals surface area contributed by atoms with E-state index < -0.39 is 0 Å². The molecule has 8 heteroatoms. The molecule has 0 N–H and O–H groups in total. The van der Waals surface area contributed by atoms with Crippen molar-refractivity contribution in [2.24, 2.45) is 0 Å². The normalized spacial score (nSPS) is 14.6. The average Bonchev–Trinajstić information content (AvgIpc) is 3.07. The summed E-state index contributed by atoms with van der Waals surface area (Å²) < 4.78 is 10.0. The second-order valence-corrected chi connectivity index (χ2v) is 5.72. The lowest BCUT2D eigenvalue weighted by Gasteiger charge is -2.34. The van der Waals surface area contributed by atoms with Crippen molar-refractivity contribution in [1.82, 2.24) is 15.0 Å². The van der Waals surface area contributed by atoms with Gasteiger partial charge in [0.2, 0.25) is 5.76 Å². The summed E-state index contributed by atoms with van der Waals surface area (Å²) in [6.45, 7) is 1.74. The number of benzene rings is 1. The Labute approximate surface area is 143 Å². The van der Waals surface area contributed by atoms with Crippen LogP contribution in [0.25, 0.3) is 0 Å². The Morgan fingerprint density at radius 1 is 1.12 bits per heavy atom. The Bertz CT molecular complexity index is 753. The number of hydrogen-bond acceptors (Lipinski definition) is 5. The van der Waals surface area contributed by atoms with Gasteiger partial charge in [-0.1, -0.05) is 22.8 Å². The highest BCUT2D eigenvalue weighted by Gasteiger charge is 2.27. The van der Waals surface area contributed by atoms with E-state index in [0.717, 1.165) is 0 Å². The molecule has 126 valence electrons. The summed E-state index contributed by atoms with van der Waals surface area (Å²) in [5, 5.41) is 3.64. The van der Waals surface area contributed by atoms with E-state index >= 15 is 0 Å². The van der Waals surface area contributed by atoms with Crippen LogP contribution in [0.1, 0.15) is 20.9 Å². The molecule has 0 unspecified atom stereocenters. The fourth-order valence-electron chi connectivity index (χ4n) is 2.56. The van der Waals surface area contributed by atoms with E-state index in [4.69, 9.17) is 20.9 Å². The molecule has 1 aliphatic heterocycles. The first-order valence-electron chi connectivity index (χ1n) is 7.43. The van der Waals surface area contributed by atoms with E-state index in [1.807, 2.05) is 0 Å². The molecule has 2 amide bonds. The zero-order valence-electron chi connectivity index (χ0n) is 13.1. The van der Waals surface area contributed by atoms with Crippen LogP contribution in [0.2, 0.25) is 5.15 Å². The first kappa shape index (κ1) is 16.3. The summed E-state index contributed by atoms with van der Waals surface area (Å²) in [4.78, 5) is 28.1. The van der Waals surface area contributed by atoms with Gasteiger partial charge >= 0.3 is 0 Å². The molecule has 0 aliphatic carbocycles. The average molecular weight is 350 g/mol. The van der Waals surface area contributed by atoms with Crippen LogP contribution in [0.3, 0.4) is 0 Å². The van der Waals surface area contributed by atoms with Gasteiger partial charge in [-0.2, -0.15) is 0 Å². The van der Waals surface area contributed by atoms with Crippen molar-refractivity contribution in [3.63, 3.8) is 0 Å². The summed E-state index contributed by atoms with van der Waals surface area (Å²) in [6, 6.07) is 8.41. The quantitative estimate of drug-likeness (QED) is 0.846. The summed E-state index contributed by atoms with van der Waals surface area (Å²) in [7, 11) is 1.56. The summed E-state index contributed by atoms with van der Waals surface area (Å²) >= 11 is 5.66. The third-order valence-corrected chi connectivity index (χ3v) is 4.04. The molecule has 0 radical (unpaired) electrons. The van der Waals surface area contributed by atoms with E-state index in [9.17, 15) is 9.59 Å². The van der Waals surface area contributed by atoms with Gasteiger partial charge in [-0.3, -0.25) is 9.59 Å². The highest BCUT2D eigenvalue weighted by molar-refractivity contribution is 6.29. The maximum Gasteiger partial charge on any atom is 0.292 e. The van der Waals surface area contributed by atoms with Crippen molar-refractivity contribution in [1.29, 1.82) is 0 Å². The minimum Gasteiger partial charge on any atom is -0.497 e. The molecule has 24 heavy (non-hydrogen) atoms. The zero-order valence-corrected chi connectivity index (χ0v) is 13.8. The number of carbonyl (C=O) groups excluding carboxylic acids is 2. The molecule has 3 rings (SSSR count). The van der Waals surface area contributed by atoms with E-state index in [0.29, 0.717) is 37.5 Å². The van der Waals surface area contributed by atoms with E-state index in [2.05, 4.69) is 5.16 Å². The van der Waals surface area contributed by atoms with Crippen LogP contribution in [0.4, 0.5) is 0 Å². The van der Waals surface area contributed by atoms with Gasteiger partial charge in [-0.15, -0.1) is 0 Å². The van der Waals surface area contributed by atoms with Crippen LogP contribution in [0, 0.1) is 0 Å². The van der Waals surface area contributed by atoms with Crippen molar-refractivity contribution < 1.29 is 18.8 Å². The molecular formula is C16H16ClN3O4. The van der Waals surface area contributed by atoms with Gasteiger partial charge in [0, 0.05) is 37.8 Å². The number of methoxy groups -OCH3 is 1. The van der Waals surface area contributed by atoms with Crippen LogP contribution < -0.4 is 4.74 Å². The number of nitrogens with zero attached hydrogens (tertiary/aromatic N) is 3. The maximum absolute atomic E-state index is 12.5. The van der Waals surface area contributed by atoms with Gasteiger partial charge in [0.15, 0.2) is 5.15 Å². The van der Waals surface area contributed by atoms with Crippen molar-refractivity contribution in [3.05, 3.63) is 46.8 Å². The minimum absolute atomic E-state index is 0.0799. The summed E-state index contributed by atoms with van der Waals surface area (Å²) in [5.41, 5.74) is 0.566. The lowest BCUT2D eigenvalue weighted by Crippen LogP contribution is -2.50. The molecule has 0 bridgehead atoms. The SMILES string of the molecule is COc1cccc(C(=O)N2CCN(C(=O)c3cc(Cl)no3)CC2)c1. The van der Waals surface area contributed by atoms with Gasteiger partial charge in [-0.25, -0.2) is 0 Å². The van der Waals surface area contributed by atoms with Crippen molar-refractivity contribution in [2.75, 3.05) is 33.3 Å². The van der Waals surface area contributed by atoms with Gasteiger partial charge in [-0.05, 0) is 18.2 Å². The van der Waals surface area contributed by atoms with Gasteiger partial charge in [0.05, 0.1) is 7.11 Å². The molecule has 1 saturated heterocycles. The first-order chi connectivity index (χ1) is 11.6. The fourth-order valence-corrected chi connectivity index (χ4v) is 2.70. The Morgan fingerprint density at radius 3 is 2.38 bits per heavy atom. The number of ether oxygens (including phenoxy) is 1. The molecule has 1 aliphatic rings. The molecule has 0 atom stereocenters.